The Morgan fingerprint density at radius 1 is 1.45 bits per heavy atom. The van der Waals surface area contributed by atoms with Gasteiger partial charge in [0, 0.05) is 31.4 Å². The maximum absolute atomic E-state index is 12.0. The first-order valence-electron chi connectivity index (χ1n) is 7.83. The van der Waals surface area contributed by atoms with Crippen LogP contribution in [-0.2, 0) is 7.05 Å². The first-order chi connectivity index (χ1) is 10.5. The highest BCUT2D eigenvalue weighted by atomic mass is 16.3. The molecule has 7 nitrogen and oxygen atoms in total. The number of hydrogen-bond donors (Lipinski definition) is 3. The molecule has 1 aliphatic rings. The molecule has 0 aromatic carbocycles. The molecule has 3 N–H and O–H groups in total. The molecule has 124 valence electrons. The van der Waals surface area contributed by atoms with E-state index in [4.69, 9.17) is 0 Å². The van der Waals surface area contributed by atoms with E-state index in [1.54, 1.807) is 4.68 Å². The molecule has 0 saturated heterocycles. The lowest BCUT2D eigenvalue weighted by Gasteiger charge is -2.27. The fraction of sp³-hybridized carbons (Fsp3) is 0.733. The van der Waals surface area contributed by atoms with Gasteiger partial charge in [0.25, 0.3) is 0 Å². The van der Waals surface area contributed by atoms with E-state index in [9.17, 15) is 9.90 Å². The van der Waals surface area contributed by atoms with Crippen molar-refractivity contribution >= 4 is 6.03 Å². The summed E-state index contributed by atoms with van der Waals surface area (Å²) in [5, 5.41) is 19.6. The number of amides is 2. The van der Waals surface area contributed by atoms with Crippen molar-refractivity contribution in [2.75, 3.05) is 20.6 Å². The molecule has 0 spiro atoms. The number of carbonyl (C=O) groups is 1. The lowest BCUT2D eigenvalue weighted by atomic mass is 9.93. The van der Waals surface area contributed by atoms with Crippen molar-refractivity contribution in [3.05, 3.63) is 18.0 Å². The molecule has 2 amide bonds. The molecule has 1 atom stereocenters. The average molecular weight is 309 g/mol. The molecule has 7 heteroatoms. The Balaban J connectivity index is 1.80. The molecule has 1 fully saturated rings. The summed E-state index contributed by atoms with van der Waals surface area (Å²) in [5.74, 6) is 0. The monoisotopic (exact) mass is 309 g/mol. The Bertz CT molecular complexity index is 480. The molecular formula is C15H27N5O2. The van der Waals surface area contributed by atoms with Crippen molar-refractivity contribution in [3.63, 3.8) is 0 Å². The quantitative estimate of drug-likeness (QED) is 0.745. The molecule has 1 unspecified atom stereocenters. The Morgan fingerprint density at radius 2 is 2.14 bits per heavy atom. The van der Waals surface area contributed by atoms with Crippen molar-refractivity contribution in [2.24, 2.45) is 7.05 Å². The third-order valence-corrected chi connectivity index (χ3v) is 4.22. The summed E-state index contributed by atoms with van der Waals surface area (Å²) < 4.78 is 1.76. The third-order valence-electron chi connectivity index (χ3n) is 4.22. The predicted molar refractivity (Wildman–Crippen MR) is 84.4 cm³/mol. The fourth-order valence-corrected chi connectivity index (χ4v) is 2.86. The van der Waals surface area contributed by atoms with E-state index in [0.717, 1.165) is 31.2 Å². The van der Waals surface area contributed by atoms with Gasteiger partial charge in [0.05, 0.1) is 18.3 Å². The minimum atomic E-state index is -0.204. The Labute approximate surface area is 131 Å². The maximum atomic E-state index is 12.0. The van der Waals surface area contributed by atoms with Crippen molar-refractivity contribution < 1.29 is 9.90 Å². The van der Waals surface area contributed by atoms with Crippen LogP contribution in [0.25, 0.3) is 0 Å². The van der Waals surface area contributed by atoms with Crippen LogP contribution in [0.2, 0.25) is 0 Å². The normalized spacial score (nSPS) is 23.3. The summed E-state index contributed by atoms with van der Waals surface area (Å²) in [7, 11) is 5.85. The highest BCUT2D eigenvalue weighted by Crippen LogP contribution is 2.18. The Morgan fingerprint density at radius 3 is 2.68 bits per heavy atom. The summed E-state index contributed by atoms with van der Waals surface area (Å²) in [6, 6.07) is 0.115. The molecule has 1 aromatic rings. The van der Waals surface area contributed by atoms with Gasteiger partial charge in [-0.05, 0) is 39.8 Å². The van der Waals surface area contributed by atoms with Crippen LogP contribution in [-0.4, -0.2) is 58.6 Å². The number of nitrogens with zero attached hydrogens (tertiary/aromatic N) is 3. The number of aliphatic hydroxyl groups is 1. The van der Waals surface area contributed by atoms with Gasteiger partial charge in [-0.1, -0.05) is 0 Å². The zero-order valence-corrected chi connectivity index (χ0v) is 13.6. The standard InChI is InChI=1S/C15H27N5O2/c1-19(2)14(11-8-17-20(3)10-11)9-16-15(22)18-12-4-6-13(21)7-5-12/h8,10,12-14,21H,4-7,9H2,1-3H3,(H2,16,18,22). The number of aryl methyl sites for hydroxylation is 1. The number of aliphatic hydroxyl groups excluding tert-OH is 1. The number of rotatable bonds is 5. The van der Waals surface area contributed by atoms with Gasteiger partial charge in [-0.15, -0.1) is 0 Å². The van der Waals surface area contributed by atoms with E-state index in [-0.39, 0.29) is 24.2 Å². The lowest BCUT2D eigenvalue weighted by molar-refractivity contribution is 0.117. The lowest BCUT2D eigenvalue weighted by Crippen LogP contribution is -2.46. The first kappa shape index (κ1) is 16.8. The van der Waals surface area contributed by atoms with Gasteiger partial charge in [0.2, 0.25) is 0 Å². The minimum absolute atomic E-state index is 0.0904. The van der Waals surface area contributed by atoms with Crippen molar-refractivity contribution in [3.8, 4) is 0 Å². The van der Waals surface area contributed by atoms with Crippen molar-refractivity contribution in [2.45, 2.75) is 43.9 Å². The van der Waals surface area contributed by atoms with Gasteiger partial charge >= 0.3 is 6.03 Å². The van der Waals surface area contributed by atoms with Crippen LogP contribution in [0.5, 0.6) is 0 Å². The molecule has 1 aromatic heterocycles. The van der Waals surface area contributed by atoms with E-state index in [1.165, 1.54) is 0 Å². The van der Waals surface area contributed by atoms with E-state index in [0.29, 0.717) is 6.54 Å². The summed E-state index contributed by atoms with van der Waals surface area (Å²) >= 11 is 0. The van der Waals surface area contributed by atoms with E-state index >= 15 is 0 Å². The summed E-state index contributed by atoms with van der Waals surface area (Å²) in [6.07, 6.45) is 6.80. The SMILES string of the molecule is CN(C)C(CNC(=O)NC1CCC(O)CC1)c1cnn(C)c1. The van der Waals surface area contributed by atoms with Crippen molar-refractivity contribution in [1.29, 1.82) is 0 Å². The number of likely N-dealkylation sites (N-methyl/N-ethyl adjacent to an activating group) is 1. The van der Waals surface area contributed by atoms with Gasteiger partial charge in [0.15, 0.2) is 0 Å². The molecule has 0 radical (unpaired) electrons. The van der Waals surface area contributed by atoms with E-state index in [1.807, 2.05) is 33.5 Å². The van der Waals surface area contributed by atoms with Gasteiger partial charge < -0.3 is 20.6 Å². The number of hydrogen-bond acceptors (Lipinski definition) is 4. The van der Waals surface area contributed by atoms with Crippen LogP contribution in [0.3, 0.4) is 0 Å². The second-order valence-electron chi connectivity index (χ2n) is 6.29. The summed E-state index contributed by atoms with van der Waals surface area (Å²) in [5.41, 5.74) is 1.08. The van der Waals surface area contributed by atoms with E-state index in [2.05, 4.69) is 20.6 Å². The predicted octanol–water partition coefficient (Wildman–Crippen LogP) is 0.626. The average Bonchev–Trinajstić information content (AvgIpc) is 2.87. The highest BCUT2D eigenvalue weighted by molar-refractivity contribution is 5.74. The summed E-state index contributed by atoms with van der Waals surface area (Å²) in [6.45, 7) is 0.528. The topological polar surface area (TPSA) is 82.4 Å². The molecule has 0 aliphatic heterocycles. The smallest absolute Gasteiger partial charge is 0.315 e. The Kier molecular flexibility index (Phi) is 5.79. The molecule has 1 saturated carbocycles. The van der Waals surface area contributed by atoms with Crippen LogP contribution in [0.15, 0.2) is 12.4 Å². The van der Waals surface area contributed by atoms with Gasteiger partial charge in [-0.25, -0.2) is 4.79 Å². The van der Waals surface area contributed by atoms with Gasteiger partial charge in [0.1, 0.15) is 0 Å². The number of nitrogens with one attached hydrogen (secondary N) is 2. The molecule has 22 heavy (non-hydrogen) atoms. The summed E-state index contributed by atoms with van der Waals surface area (Å²) in [4.78, 5) is 14.1. The fourth-order valence-electron chi connectivity index (χ4n) is 2.86. The first-order valence-corrected chi connectivity index (χ1v) is 7.83. The zero-order valence-electron chi connectivity index (χ0n) is 13.6. The van der Waals surface area contributed by atoms with Gasteiger partial charge in [-0.2, -0.15) is 5.10 Å². The molecule has 2 rings (SSSR count). The minimum Gasteiger partial charge on any atom is -0.393 e. The highest BCUT2D eigenvalue weighted by Gasteiger charge is 2.22. The number of urea groups is 1. The molecule has 0 bridgehead atoms. The largest absolute Gasteiger partial charge is 0.393 e. The van der Waals surface area contributed by atoms with Crippen LogP contribution in [0.4, 0.5) is 4.79 Å². The second kappa shape index (κ2) is 7.60. The van der Waals surface area contributed by atoms with Crippen LogP contribution >= 0.6 is 0 Å². The zero-order chi connectivity index (χ0) is 16.1. The molecular weight excluding hydrogens is 282 g/mol. The van der Waals surface area contributed by atoms with Crippen LogP contribution < -0.4 is 10.6 Å². The third kappa shape index (κ3) is 4.71. The van der Waals surface area contributed by atoms with Crippen LogP contribution in [0, 0.1) is 0 Å². The van der Waals surface area contributed by atoms with Crippen LogP contribution in [0.1, 0.15) is 37.3 Å². The molecule has 1 heterocycles. The van der Waals surface area contributed by atoms with E-state index < -0.39 is 0 Å². The maximum Gasteiger partial charge on any atom is 0.315 e. The van der Waals surface area contributed by atoms with Crippen molar-refractivity contribution in [1.82, 2.24) is 25.3 Å². The van der Waals surface area contributed by atoms with Gasteiger partial charge in [-0.3, -0.25) is 4.68 Å². The Hall–Kier alpha value is -1.60. The number of carbonyl (C=O) groups excluding carboxylic acids is 1. The number of aromatic nitrogens is 2. The molecule has 1 aliphatic carbocycles. The second-order valence-corrected chi connectivity index (χ2v) is 6.29.